The molecule has 1 aromatic heterocycles. The van der Waals surface area contributed by atoms with Crippen LogP contribution in [-0.2, 0) is 11.3 Å². The molecule has 144 valence electrons. The highest BCUT2D eigenvalue weighted by Gasteiger charge is 2.14. The van der Waals surface area contributed by atoms with Crippen LogP contribution >= 0.6 is 0 Å². The third-order valence-corrected chi connectivity index (χ3v) is 3.52. The Morgan fingerprint density at radius 1 is 1.11 bits per heavy atom. The Morgan fingerprint density at radius 3 is 2.52 bits per heavy atom. The first-order valence-corrected chi connectivity index (χ1v) is 8.06. The summed E-state index contributed by atoms with van der Waals surface area (Å²) in [5, 5.41) is 5.27. The van der Waals surface area contributed by atoms with Crippen molar-refractivity contribution in [1.82, 2.24) is 15.6 Å². The Balaban J connectivity index is 1.82. The predicted molar refractivity (Wildman–Crippen MR) is 92.7 cm³/mol. The molecule has 0 saturated carbocycles. The van der Waals surface area contributed by atoms with Gasteiger partial charge >= 0.3 is 6.61 Å². The van der Waals surface area contributed by atoms with Crippen LogP contribution in [0.3, 0.4) is 0 Å². The first kappa shape index (κ1) is 20.1. The van der Waals surface area contributed by atoms with Crippen LogP contribution in [0.4, 0.5) is 8.78 Å². The molecule has 0 aliphatic heterocycles. The Bertz CT molecular complexity index is 772. The molecule has 2 amide bonds. The highest BCUT2D eigenvalue weighted by atomic mass is 19.3. The van der Waals surface area contributed by atoms with Gasteiger partial charge in [-0.3, -0.25) is 14.6 Å². The largest absolute Gasteiger partial charge is 0.493 e. The highest BCUT2D eigenvalue weighted by Crippen LogP contribution is 2.29. The Labute approximate surface area is 154 Å². The van der Waals surface area contributed by atoms with Crippen molar-refractivity contribution in [2.24, 2.45) is 0 Å². The summed E-state index contributed by atoms with van der Waals surface area (Å²) in [6.07, 6.45) is 3.33. The van der Waals surface area contributed by atoms with Gasteiger partial charge in [-0.25, -0.2) is 0 Å². The standard InChI is InChI=1S/C18H19F2N3O4/c1-26-14-3-2-13(10-15(14)27-18(19)20)17(25)22-9-6-16(24)23-11-12-4-7-21-8-5-12/h2-5,7-8,10,18H,6,9,11H2,1H3,(H,22,25)(H,23,24). The Hall–Kier alpha value is -3.23. The summed E-state index contributed by atoms with van der Waals surface area (Å²) in [4.78, 5) is 27.8. The number of nitrogens with one attached hydrogen (secondary N) is 2. The molecule has 0 bridgehead atoms. The third-order valence-electron chi connectivity index (χ3n) is 3.52. The van der Waals surface area contributed by atoms with E-state index in [1.54, 1.807) is 24.5 Å². The fraction of sp³-hybridized carbons (Fsp3) is 0.278. The molecule has 2 rings (SSSR count). The molecule has 1 aromatic carbocycles. The maximum atomic E-state index is 12.4. The number of carbonyl (C=O) groups is 2. The zero-order valence-electron chi connectivity index (χ0n) is 14.6. The minimum absolute atomic E-state index is 0.0768. The number of rotatable bonds is 9. The molecule has 0 spiro atoms. The van der Waals surface area contributed by atoms with E-state index < -0.39 is 12.5 Å². The fourth-order valence-corrected chi connectivity index (χ4v) is 2.19. The number of ether oxygens (including phenoxy) is 2. The van der Waals surface area contributed by atoms with Crippen LogP contribution in [-0.4, -0.2) is 37.1 Å². The molecule has 0 fully saturated rings. The number of amides is 2. The number of aromatic nitrogens is 1. The number of alkyl halides is 2. The number of hydrogen-bond acceptors (Lipinski definition) is 5. The van der Waals surface area contributed by atoms with Crippen LogP contribution in [0.2, 0.25) is 0 Å². The van der Waals surface area contributed by atoms with Gasteiger partial charge in [-0.05, 0) is 35.9 Å². The second-order valence-corrected chi connectivity index (χ2v) is 5.38. The topological polar surface area (TPSA) is 89.5 Å². The number of pyridine rings is 1. The molecular formula is C18H19F2N3O4. The van der Waals surface area contributed by atoms with Crippen LogP contribution in [0.5, 0.6) is 11.5 Å². The summed E-state index contributed by atoms with van der Waals surface area (Å²) in [7, 11) is 1.30. The smallest absolute Gasteiger partial charge is 0.387 e. The van der Waals surface area contributed by atoms with Gasteiger partial charge in [-0.1, -0.05) is 0 Å². The summed E-state index contributed by atoms with van der Waals surface area (Å²) >= 11 is 0. The van der Waals surface area contributed by atoms with Crippen molar-refractivity contribution < 1.29 is 27.8 Å². The van der Waals surface area contributed by atoms with Gasteiger partial charge in [-0.15, -0.1) is 0 Å². The van der Waals surface area contributed by atoms with E-state index in [4.69, 9.17) is 4.74 Å². The summed E-state index contributed by atoms with van der Waals surface area (Å²) in [6.45, 7) is -2.58. The number of carbonyl (C=O) groups excluding carboxylic acids is 2. The van der Waals surface area contributed by atoms with Gasteiger partial charge in [0.25, 0.3) is 5.91 Å². The quantitative estimate of drug-likeness (QED) is 0.697. The molecule has 0 atom stereocenters. The molecule has 0 unspecified atom stereocenters. The molecular weight excluding hydrogens is 360 g/mol. The van der Waals surface area contributed by atoms with E-state index in [-0.39, 0.29) is 35.9 Å². The van der Waals surface area contributed by atoms with Gasteiger partial charge in [0.1, 0.15) is 0 Å². The van der Waals surface area contributed by atoms with Crippen molar-refractivity contribution in [3.8, 4) is 11.5 Å². The Morgan fingerprint density at radius 2 is 1.85 bits per heavy atom. The van der Waals surface area contributed by atoms with Crippen LogP contribution in [0.1, 0.15) is 22.3 Å². The summed E-state index contributed by atoms with van der Waals surface area (Å²) < 4.78 is 34.1. The lowest BCUT2D eigenvalue weighted by molar-refractivity contribution is -0.121. The van der Waals surface area contributed by atoms with Crippen LogP contribution in [0.25, 0.3) is 0 Å². The van der Waals surface area contributed by atoms with E-state index in [1.807, 2.05) is 0 Å². The summed E-state index contributed by atoms with van der Waals surface area (Å²) in [5.41, 5.74) is 1.02. The SMILES string of the molecule is COc1ccc(C(=O)NCCC(=O)NCc2ccncc2)cc1OC(F)F. The first-order chi connectivity index (χ1) is 13.0. The zero-order valence-corrected chi connectivity index (χ0v) is 14.6. The fourth-order valence-electron chi connectivity index (χ4n) is 2.19. The van der Waals surface area contributed by atoms with Crippen molar-refractivity contribution in [2.45, 2.75) is 19.6 Å². The minimum atomic E-state index is -3.04. The van der Waals surface area contributed by atoms with Crippen molar-refractivity contribution in [3.05, 3.63) is 53.9 Å². The van der Waals surface area contributed by atoms with E-state index in [0.717, 1.165) is 11.6 Å². The van der Waals surface area contributed by atoms with Crippen molar-refractivity contribution in [2.75, 3.05) is 13.7 Å². The average Bonchev–Trinajstić information content (AvgIpc) is 2.66. The van der Waals surface area contributed by atoms with E-state index in [2.05, 4.69) is 20.4 Å². The molecule has 0 aliphatic rings. The van der Waals surface area contributed by atoms with Gasteiger partial charge < -0.3 is 20.1 Å². The zero-order chi connectivity index (χ0) is 19.6. The number of methoxy groups -OCH3 is 1. The van der Waals surface area contributed by atoms with Crippen LogP contribution in [0.15, 0.2) is 42.7 Å². The third kappa shape index (κ3) is 6.53. The summed E-state index contributed by atoms with van der Waals surface area (Å²) in [6, 6.07) is 7.49. The molecule has 0 aliphatic carbocycles. The van der Waals surface area contributed by atoms with E-state index in [0.29, 0.717) is 6.54 Å². The molecule has 0 saturated heterocycles. The number of hydrogen-bond donors (Lipinski definition) is 2. The molecule has 1 heterocycles. The minimum Gasteiger partial charge on any atom is -0.493 e. The van der Waals surface area contributed by atoms with E-state index >= 15 is 0 Å². The van der Waals surface area contributed by atoms with Crippen molar-refractivity contribution in [1.29, 1.82) is 0 Å². The van der Waals surface area contributed by atoms with Crippen molar-refractivity contribution >= 4 is 11.8 Å². The van der Waals surface area contributed by atoms with E-state index in [9.17, 15) is 18.4 Å². The lowest BCUT2D eigenvalue weighted by Gasteiger charge is -2.11. The monoisotopic (exact) mass is 379 g/mol. The van der Waals surface area contributed by atoms with E-state index in [1.165, 1.54) is 19.2 Å². The molecule has 2 aromatic rings. The van der Waals surface area contributed by atoms with Crippen LogP contribution in [0, 0.1) is 0 Å². The normalized spacial score (nSPS) is 10.4. The van der Waals surface area contributed by atoms with Gasteiger partial charge in [0.05, 0.1) is 7.11 Å². The maximum Gasteiger partial charge on any atom is 0.387 e. The van der Waals surface area contributed by atoms with Gasteiger partial charge in [0.2, 0.25) is 5.91 Å². The molecule has 7 nitrogen and oxygen atoms in total. The number of halogens is 2. The molecule has 27 heavy (non-hydrogen) atoms. The molecule has 9 heteroatoms. The van der Waals surface area contributed by atoms with Gasteiger partial charge in [-0.2, -0.15) is 8.78 Å². The lowest BCUT2D eigenvalue weighted by atomic mass is 10.2. The van der Waals surface area contributed by atoms with Crippen LogP contribution < -0.4 is 20.1 Å². The average molecular weight is 379 g/mol. The lowest BCUT2D eigenvalue weighted by Crippen LogP contribution is -2.30. The number of benzene rings is 1. The molecule has 0 radical (unpaired) electrons. The highest BCUT2D eigenvalue weighted by molar-refractivity contribution is 5.95. The second kappa shape index (κ2) is 10.0. The number of nitrogens with zero attached hydrogens (tertiary/aromatic N) is 1. The van der Waals surface area contributed by atoms with Gasteiger partial charge in [0.15, 0.2) is 11.5 Å². The second-order valence-electron chi connectivity index (χ2n) is 5.38. The maximum absolute atomic E-state index is 12.4. The van der Waals surface area contributed by atoms with Gasteiger partial charge in [0, 0.05) is 37.5 Å². The van der Waals surface area contributed by atoms with Crippen molar-refractivity contribution in [3.63, 3.8) is 0 Å². The summed E-state index contributed by atoms with van der Waals surface area (Å²) in [5.74, 6) is -0.903. The molecule has 2 N–H and O–H groups in total. The first-order valence-electron chi connectivity index (χ1n) is 8.06. The Kier molecular flexibility index (Phi) is 7.48. The predicted octanol–water partition coefficient (Wildman–Crippen LogP) is 2.13.